The number of carbonyl (C=O) groups is 1. The highest BCUT2D eigenvalue weighted by Gasteiger charge is 2.18. The van der Waals surface area contributed by atoms with Crippen LogP contribution < -0.4 is 5.56 Å². The molecule has 0 spiro atoms. The number of aromatic nitrogens is 1. The summed E-state index contributed by atoms with van der Waals surface area (Å²) in [5.41, 5.74) is -0.235. The molecule has 0 bridgehead atoms. The van der Waals surface area contributed by atoms with E-state index in [4.69, 9.17) is 0 Å². The average molecular weight is 290 g/mol. The monoisotopic (exact) mass is 290 g/mol. The van der Waals surface area contributed by atoms with Gasteiger partial charge in [0.25, 0.3) is 5.56 Å². The number of nitrogens with zero attached hydrogens (tertiary/aromatic N) is 2. The number of unbranched alkanes of at least 4 members (excludes halogenated alkanes) is 1. The Bertz CT molecular complexity index is 672. The maximum Gasteiger partial charge on any atom is 0.341 e. The first-order valence-electron chi connectivity index (χ1n) is 6.70. The fourth-order valence-electron chi connectivity index (χ4n) is 2.00. The Morgan fingerprint density at radius 1 is 1.45 bits per heavy atom. The van der Waals surface area contributed by atoms with Crippen molar-refractivity contribution in [3.63, 3.8) is 0 Å². The van der Waals surface area contributed by atoms with E-state index < -0.39 is 0 Å². The lowest BCUT2D eigenvalue weighted by atomic mass is 10.3. The molecule has 20 heavy (non-hydrogen) atoms. The number of fused-ring (bicyclic) bond motifs is 1. The molecule has 1 heterocycles. The number of hydrogen-bond donors (Lipinski definition) is 0. The van der Waals surface area contributed by atoms with Crippen LogP contribution in [0.2, 0.25) is 0 Å². The van der Waals surface area contributed by atoms with Gasteiger partial charge in [0.15, 0.2) is 0 Å². The minimum absolute atomic E-state index is 0.235. The summed E-state index contributed by atoms with van der Waals surface area (Å²) in [6.45, 7) is 6.84. The zero-order chi connectivity index (χ0) is 14.5. The molecule has 4 nitrogen and oxygen atoms in total. The van der Waals surface area contributed by atoms with Crippen LogP contribution in [0.15, 0.2) is 41.7 Å². The molecule has 0 aliphatic rings. The lowest BCUT2D eigenvalue weighted by Crippen LogP contribution is -2.38. The summed E-state index contributed by atoms with van der Waals surface area (Å²) in [7, 11) is 0. The summed E-state index contributed by atoms with van der Waals surface area (Å²) in [6.07, 6.45) is 3.60. The Labute approximate surface area is 122 Å². The number of amides is 1. The third-order valence-corrected chi connectivity index (χ3v) is 4.12. The molecule has 1 aromatic heterocycles. The first-order valence-corrected chi connectivity index (χ1v) is 7.47. The maximum absolute atomic E-state index is 12.5. The molecule has 2 rings (SSSR count). The second-order valence-corrected chi connectivity index (χ2v) is 5.55. The van der Waals surface area contributed by atoms with Gasteiger partial charge in [-0.1, -0.05) is 31.6 Å². The first-order chi connectivity index (χ1) is 9.69. The van der Waals surface area contributed by atoms with Crippen molar-refractivity contribution in [2.24, 2.45) is 0 Å². The van der Waals surface area contributed by atoms with Gasteiger partial charge < -0.3 is 4.90 Å². The minimum atomic E-state index is -0.260. The molecule has 0 N–H and O–H groups in total. The standard InChI is InChI=1S/C15H18N2O2S/c1-3-5-11-16(10-4-2)15(19)17-14(18)12-8-6-7-9-13(12)20-17/h4,6-9H,2-3,5,10-11H2,1H3. The van der Waals surface area contributed by atoms with Crippen LogP contribution in [0.25, 0.3) is 10.1 Å². The van der Waals surface area contributed by atoms with E-state index in [1.54, 1.807) is 17.0 Å². The highest BCUT2D eigenvalue weighted by molar-refractivity contribution is 7.14. The summed E-state index contributed by atoms with van der Waals surface area (Å²) in [5, 5.41) is 0.597. The van der Waals surface area contributed by atoms with Crippen LogP contribution in [0.4, 0.5) is 4.79 Å². The van der Waals surface area contributed by atoms with Gasteiger partial charge in [0.2, 0.25) is 0 Å². The van der Waals surface area contributed by atoms with Gasteiger partial charge in [0, 0.05) is 13.1 Å². The van der Waals surface area contributed by atoms with Crippen LogP contribution in [0.3, 0.4) is 0 Å². The molecule has 1 amide bonds. The summed E-state index contributed by atoms with van der Waals surface area (Å²) in [6, 6.07) is 7.02. The summed E-state index contributed by atoms with van der Waals surface area (Å²) < 4.78 is 2.07. The van der Waals surface area contributed by atoms with Crippen LogP contribution in [0.1, 0.15) is 19.8 Å². The van der Waals surface area contributed by atoms with Gasteiger partial charge >= 0.3 is 6.03 Å². The molecule has 5 heteroatoms. The van der Waals surface area contributed by atoms with Crippen LogP contribution in [0.5, 0.6) is 0 Å². The Morgan fingerprint density at radius 3 is 2.85 bits per heavy atom. The van der Waals surface area contributed by atoms with E-state index in [2.05, 4.69) is 13.5 Å². The molecule has 0 saturated carbocycles. The largest absolute Gasteiger partial charge is 0.341 e. The average Bonchev–Trinajstić information content (AvgIpc) is 2.80. The van der Waals surface area contributed by atoms with Gasteiger partial charge in [0.05, 0.1) is 10.1 Å². The molecule has 0 fully saturated rings. The quantitative estimate of drug-likeness (QED) is 0.793. The molecule has 0 saturated heterocycles. The van der Waals surface area contributed by atoms with Gasteiger partial charge in [-0.15, -0.1) is 6.58 Å². The highest BCUT2D eigenvalue weighted by atomic mass is 32.1. The fourth-order valence-corrected chi connectivity index (χ4v) is 2.96. The molecule has 106 valence electrons. The second-order valence-electron chi connectivity index (χ2n) is 4.56. The topological polar surface area (TPSA) is 42.3 Å². The van der Waals surface area contributed by atoms with Gasteiger partial charge in [-0.2, -0.15) is 3.96 Å². The first kappa shape index (κ1) is 14.5. The number of rotatable bonds is 5. The normalized spacial score (nSPS) is 10.7. The molecule has 0 aliphatic heterocycles. The molecule has 2 aromatic rings. The van der Waals surface area contributed by atoms with E-state index in [1.165, 1.54) is 15.5 Å². The van der Waals surface area contributed by atoms with Crippen molar-refractivity contribution in [2.75, 3.05) is 13.1 Å². The summed E-state index contributed by atoms with van der Waals surface area (Å²) in [4.78, 5) is 26.4. The van der Waals surface area contributed by atoms with Gasteiger partial charge in [-0.3, -0.25) is 4.79 Å². The van der Waals surface area contributed by atoms with Crippen molar-refractivity contribution in [1.82, 2.24) is 8.86 Å². The third-order valence-electron chi connectivity index (χ3n) is 3.07. The van der Waals surface area contributed by atoms with Crippen molar-refractivity contribution in [2.45, 2.75) is 19.8 Å². The summed E-state index contributed by atoms with van der Waals surface area (Å²) in [5.74, 6) is 0. The van der Waals surface area contributed by atoms with E-state index in [1.807, 2.05) is 18.2 Å². The zero-order valence-electron chi connectivity index (χ0n) is 11.5. The van der Waals surface area contributed by atoms with E-state index in [0.29, 0.717) is 18.5 Å². The smallest absolute Gasteiger partial charge is 0.320 e. The fraction of sp³-hybridized carbons (Fsp3) is 0.333. The van der Waals surface area contributed by atoms with Gasteiger partial charge in [-0.05, 0) is 30.1 Å². The molecule has 0 atom stereocenters. The van der Waals surface area contributed by atoms with Crippen LogP contribution in [-0.2, 0) is 0 Å². The van der Waals surface area contributed by atoms with Crippen LogP contribution >= 0.6 is 11.5 Å². The van der Waals surface area contributed by atoms with Crippen LogP contribution in [-0.4, -0.2) is 28.0 Å². The highest BCUT2D eigenvalue weighted by Crippen LogP contribution is 2.16. The zero-order valence-corrected chi connectivity index (χ0v) is 12.4. The lowest BCUT2D eigenvalue weighted by Gasteiger charge is -2.19. The van der Waals surface area contributed by atoms with Gasteiger partial charge in [0.1, 0.15) is 0 Å². The minimum Gasteiger partial charge on any atom is -0.320 e. The molecule has 0 unspecified atom stereocenters. The van der Waals surface area contributed by atoms with Crippen molar-refractivity contribution >= 4 is 27.6 Å². The van der Waals surface area contributed by atoms with Gasteiger partial charge in [-0.25, -0.2) is 4.79 Å². The van der Waals surface area contributed by atoms with E-state index >= 15 is 0 Å². The Hall–Kier alpha value is -1.88. The SMILES string of the molecule is C=CCN(CCCC)C(=O)n1sc2ccccc2c1=O. The summed E-state index contributed by atoms with van der Waals surface area (Å²) >= 11 is 1.20. The number of hydrogen-bond acceptors (Lipinski definition) is 3. The second kappa shape index (κ2) is 6.52. The Kier molecular flexibility index (Phi) is 4.74. The van der Waals surface area contributed by atoms with Crippen molar-refractivity contribution in [3.05, 3.63) is 47.3 Å². The Morgan fingerprint density at radius 2 is 2.20 bits per heavy atom. The Balaban J connectivity index is 2.35. The molecular formula is C15H18N2O2S. The predicted molar refractivity (Wildman–Crippen MR) is 83.6 cm³/mol. The van der Waals surface area contributed by atoms with Crippen molar-refractivity contribution in [1.29, 1.82) is 0 Å². The number of benzene rings is 1. The lowest BCUT2D eigenvalue weighted by molar-refractivity contribution is 0.206. The number of carbonyl (C=O) groups excluding carboxylic acids is 1. The predicted octanol–water partition coefficient (Wildman–Crippen LogP) is 3.32. The van der Waals surface area contributed by atoms with Crippen molar-refractivity contribution in [3.8, 4) is 0 Å². The van der Waals surface area contributed by atoms with Crippen LogP contribution in [0, 0.1) is 0 Å². The molecule has 1 aromatic carbocycles. The van der Waals surface area contributed by atoms with E-state index in [9.17, 15) is 9.59 Å². The van der Waals surface area contributed by atoms with E-state index in [-0.39, 0.29) is 11.6 Å². The van der Waals surface area contributed by atoms with Crippen molar-refractivity contribution < 1.29 is 4.79 Å². The maximum atomic E-state index is 12.5. The molecule has 0 aliphatic carbocycles. The van der Waals surface area contributed by atoms with E-state index in [0.717, 1.165) is 17.5 Å². The third kappa shape index (κ3) is 2.82. The molecule has 0 radical (unpaired) electrons. The molecular weight excluding hydrogens is 272 g/mol.